The number of aromatic carboxylic acids is 1. The molecule has 9 heteroatoms. The zero-order chi connectivity index (χ0) is 15.6. The average molecular weight is 313 g/mol. The van der Waals surface area contributed by atoms with Gasteiger partial charge in [0.2, 0.25) is 0 Å². The number of anilines is 1. The van der Waals surface area contributed by atoms with Crippen molar-refractivity contribution in [3.05, 3.63) is 41.3 Å². The summed E-state index contributed by atoms with van der Waals surface area (Å²) in [6, 6.07) is 2.56. The molecule has 1 aromatic carbocycles. The third-order valence-corrected chi connectivity index (χ3v) is 4.16. The molecule has 0 fully saturated rings. The van der Waals surface area contributed by atoms with Crippen LogP contribution in [0.5, 0.6) is 0 Å². The van der Waals surface area contributed by atoms with Crippen molar-refractivity contribution in [3.8, 4) is 0 Å². The fourth-order valence-corrected chi connectivity index (χ4v) is 2.78. The molecule has 0 saturated carbocycles. The summed E-state index contributed by atoms with van der Waals surface area (Å²) < 4.78 is 39.9. The summed E-state index contributed by atoms with van der Waals surface area (Å²) in [6.07, 6.45) is 2.03. The minimum atomic E-state index is -4.04. The topological polar surface area (TPSA) is 112 Å². The number of carboxylic acids is 1. The Labute approximate surface area is 119 Å². The molecule has 0 radical (unpaired) electrons. The number of nitrogens with one attached hydrogen (secondary N) is 2. The van der Waals surface area contributed by atoms with E-state index >= 15 is 0 Å². The zero-order valence-corrected chi connectivity index (χ0v) is 11.7. The molecule has 1 heterocycles. The van der Waals surface area contributed by atoms with Crippen LogP contribution in [0, 0.1) is 5.82 Å². The lowest BCUT2D eigenvalue weighted by Crippen LogP contribution is -2.15. The Balaban J connectivity index is 2.40. The number of sulfonamides is 1. The first-order valence-electron chi connectivity index (χ1n) is 5.93. The smallest absolute Gasteiger partial charge is 0.338 e. The molecule has 0 amide bonds. The van der Waals surface area contributed by atoms with Gasteiger partial charge in [0.05, 0.1) is 16.7 Å². The lowest BCUT2D eigenvalue weighted by atomic mass is 10.2. The third kappa shape index (κ3) is 3.02. The van der Waals surface area contributed by atoms with Gasteiger partial charge in [-0.1, -0.05) is 6.92 Å². The van der Waals surface area contributed by atoms with Crippen LogP contribution in [0.2, 0.25) is 0 Å². The highest BCUT2D eigenvalue weighted by atomic mass is 32.2. The molecule has 7 nitrogen and oxygen atoms in total. The van der Waals surface area contributed by atoms with E-state index in [1.807, 2.05) is 6.92 Å². The molecule has 2 aromatic rings. The molecule has 3 N–H and O–H groups in total. The van der Waals surface area contributed by atoms with Crippen LogP contribution in [0.1, 0.15) is 22.8 Å². The maximum Gasteiger partial charge on any atom is 0.338 e. The van der Waals surface area contributed by atoms with E-state index < -0.39 is 27.4 Å². The van der Waals surface area contributed by atoms with Crippen LogP contribution in [0.3, 0.4) is 0 Å². The number of aryl methyl sites for hydroxylation is 1. The van der Waals surface area contributed by atoms with Crippen molar-refractivity contribution < 1.29 is 22.7 Å². The van der Waals surface area contributed by atoms with E-state index in [4.69, 9.17) is 5.11 Å². The van der Waals surface area contributed by atoms with Gasteiger partial charge in [0.25, 0.3) is 10.0 Å². The second-order valence-electron chi connectivity index (χ2n) is 4.18. The van der Waals surface area contributed by atoms with E-state index in [0.717, 1.165) is 18.2 Å². The van der Waals surface area contributed by atoms with Crippen LogP contribution in [0.4, 0.5) is 10.2 Å². The van der Waals surface area contributed by atoms with E-state index in [1.54, 1.807) is 0 Å². The van der Waals surface area contributed by atoms with Gasteiger partial charge in [0.1, 0.15) is 11.6 Å². The highest BCUT2D eigenvalue weighted by molar-refractivity contribution is 7.92. The maximum atomic E-state index is 13.3. The molecule has 0 saturated heterocycles. The lowest BCUT2D eigenvalue weighted by Gasteiger charge is -2.08. The standard InChI is InChI=1S/C12H12FN3O4S/c1-2-7-6-14-15-11(7)16-21(19,20)8-3-4-10(13)9(5-8)12(17)18/h3-6H,2H2,1H3,(H,17,18)(H2,14,15,16). The SMILES string of the molecule is CCc1cn[nH]c1NS(=O)(=O)c1ccc(F)c(C(=O)O)c1. The normalized spacial score (nSPS) is 11.3. The highest BCUT2D eigenvalue weighted by Crippen LogP contribution is 2.20. The Bertz CT molecular complexity index is 786. The second-order valence-corrected chi connectivity index (χ2v) is 5.86. The number of carbonyl (C=O) groups is 1. The second kappa shape index (κ2) is 5.52. The van der Waals surface area contributed by atoms with Crippen molar-refractivity contribution in [1.82, 2.24) is 10.2 Å². The maximum absolute atomic E-state index is 13.3. The summed E-state index contributed by atoms with van der Waals surface area (Å²) >= 11 is 0. The van der Waals surface area contributed by atoms with Crippen LogP contribution >= 0.6 is 0 Å². The molecule has 0 spiro atoms. The van der Waals surface area contributed by atoms with E-state index in [9.17, 15) is 17.6 Å². The number of rotatable bonds is 5. The van der Waals surface area contributed by atoms with Crippen LogP contribution in [-0.4, -0.2) is 29.7 Å². The van der Waals surface area contributed by atoms with Crippen LogP contribution < -0.4 is 4.72 Å². The lowest BCUT2D eigenvalue weighted by molar-refractivity contribution is 0.0691. The van der Waals surface area contributed by atoms with Gasteiger partial charge < -0.3 is 5.11 Å². The molecular weight excluding hydrogens is 301 g/mol. The summed E-state index contributed by atoms with van der Waals surface area (Å²) in [7, 11) is -4.04. The number of H-pyrrole nitrogens is 1. The third-order valence-electron chi connectivity index (χ3n) is 2.81. The Morgan fingerprint density at radius 1 is 1.48 bits per heavy atom. The molecule has 0 aliphatic heterocycles. The molecule has 0 aliphatic rings. The Hall–Kier alpha value is -2.42. The van der Waals surface area contributed by atoms with Gasteiger partial charge in [-0.05, 0) is 24.6 Å². The van der Waals surface area contributed by atoms with Crippen molar-refractivity contribution >= 4 is 21.8 Å². The monoisotopic (exact) mass is 313 g/mol. The summed E-state index contributed by atoms with van der Waals surface area (Å²) in [5, 5.41) is 15.0. The Morgan fingerprint density at radius 3 is 2.81 bits per heavy atom. The molecule has 1 aromatic heterocycles. The predicted molar refractivity (Wildman–Crippen MR) is 72.1 cm³/mol. The molecular formula is C12H12FN3O4S. The van der Waals surface area contributed by atoms with E-state index in [2.05, 4.69) is 14.9 Å². The van der Waals surface area contributed by atoms with Crippen LogP contribution in [0.25, 0.3) is 0 Å². The number of carboxylic acid groups (broad SMARTS) is 1. The van der Waals surface area contributed by atoms with Gasteiger partial charge in [-0.3, -0.25) is 9.82 Å². The van der Waals surface area contributed by atoms with Crippen molar-refractivity contribution in [2.75, 3.05) is 4.72 Å². The zero-order valence-electron chi connectivity index (χ0n) is 10.9. The van der Waals surface area contributed by atoms with E-state index in [0.29, 0.717) is 12.0 Å². The number of halogens is 1. The van der Waals surface area contributed by atoms with Crippen LogP contribution in [-0.2, 0) is 16.4 Å². The van der Waals surface area contributed by atoms with E-state index in [-0.39, 0.29) is 10.7 Å². The van der Waals surface area contributed by atoms with Crippen molar-refractivity contribution in [2.24, 2.45) is 0 Å². The average Bonchev–Trinajstić information content (AvgIpc) is 2.85. The van der Waals surface area contributed by atoms with Crippen LogP contribution in [0.15, 0.2) is 29.3 Å². The van der Waals surface area contributed by atoms with Gasteiger partial charge in [-0.15, -0.1) is 0 Å². The molecule has 0 unspecified atom stereocenters. The number of aromatic nitrogens is 2. The van der Waals surface area contributed by atoms with Gasteiger partial charge in [-0.25, -0.2) is 17.6 Å². The van der Waals surface area contributed by atoms with Gasteiger partial charge in [-0.2, -0.15) is 5.10 Å². The quantitative estimate of drug-likeness (QED) is 0.776. The van der Waals surface area contributed by atoms with Gasteiger partial charge in [0, 0.05) is 5.56 Å². The summed E-state index contributed by atoms with van der Waals surface area (Å²) in [5.41, 5.74) is -0.0580. The molecule has 112 valence electrons. The van der Waals surface area contributed by atoms with Crippen molar-refractivity contribution in [3.63, 3.8) is 0 Å². The minimum absolute atomic E-state index is 0.193. The summed E-state index contributed by atoms with van der Waals surface area (Å²) in [5.74, 6) is -2.35. The highest BCUT2D eigenvalue weighted by Gasteiger charge is 2.20. The first-order valence-corrected chi connectivity index (χ1v) is 7.41. The molecule has 21 heavy (non-hydrogen) atoms. The molecule has 0 bridgehead atoms. The number of hydrogen-bond donors (Lipinski definition) is 3. The van der Waals surface area contributed by atoms with Gasteiger partial charge in [0.15, 0.2) is 0 Å². The number of benzene rings is 1. The summed E-state index contributed by atoms with van der Waals surface area (Å²) in [4.78, 5) is 10.5. The largest absolute Gasteiger partial charge is 0.478 e. The van der Waals surface area contributed by atoms with Gasteiger partial charge >= 0.3 is 5.97 Å². The predicted octanol–water partition coefficient (Wildman–Crippen LogP) is 1.61. The Kier molecular flexibility index (Phi) is 3.94. The van der Waals surface area contributed by atoms with Crippen molar-refractivity contribution in [2.45, 2.75) is 18.2 Å². The first kappa shape index (κ1) is 15.0. The fraction of sp³-hybridized carbons (Fsp3) is 0.167. The number of hydrogen-bond acceptors (Lipinski definition) is 4. The number of nitrogens with zero attached hydrogens (tertiary/aromatic N) is 1. The molecule has 0 aliphatic carbocycles. The van der Waals surface area contributed by atoms with Crippen molar-refractivity contribution in [1.29, 1.82) is 0 Å². The fourth-order valence-electron chi connectivity index (χ4n) is 1.70. The first-order chi connectivity index (χ1) is 9.85. The minimum Gasteiger partial charge on any atom is -0.478 e. The Morgan fingerprint density at radius 2 is 2.19 bits per heavy atom. The molecule has 2 rings (SSSR count). The van der Waals surface area contributed by atoms with E-state index in [1.165, 1.54) is 6.20 Å². The number of aromatic amines is 1. The molecule has 0 atom stereocenters. The summed E-state index contributed by atoms with van der Waals surface area (Å²) in [6.45, 7) is 1.82.